The average molecular weight is 295 g/mol. The molecular formula is C17H17N3O2. The van der Waals surface area contributed by atoms with E-state index in [1.54, 1.807) is 19.1 Å². The predicted octanol–water partition coefficient (Wildman–Crippen LogP) is 3.15. The molecule has 5 nitrogen and oxygen atoms in total. The molecule has 22 heavy (non-hydrogen) atoms. The SMILES string of the molecule is CC1=CC/C(=N/N=C(\C)c2cc3ccccc3oc2=O)N1C. The van der Waals surface area contributed by atoms with E-state index in [0.717, 1.165) is 23.3 Å². The molecule has 112 valence electrons. The largest absolute Gasteiger partial charge is 0.422 e. The number of hydrogen-bond acceptors (Lipinski definition) is 4. The fourth-order valence-electron chi connectivity index (χ4n) is 2.33. The summed E-state index contributed by atoms with van der Waals surface area (Å²) >= 11 is 0. The number of fused-ring (bicyclic) bond motifs is 1. The van der Waals surface area contributed by atoms with Crippen molar-refractivity contribution in [3.8, 4) is 0 Å². The number of allylic oxidation sites excluding steroid dienone is 1. The van der Waals surface area contributed by atoms with E-state index in [0.29, 0.717) is 16.9 Å². The molecule has 0 spiro atoms. The third-order valence-corrected chi connectivity index (χ3v) is 3.84. The molecule has 2 aromatic rings. The molecule has 0 saturated heterocycles. The summed E-state index contributed by atoms with van der Waals surface area (Å²) in [5, 5.41) is 9.32. The van der Waals surface area contributed by atoms with E-state index in [-0.39, 0.29) is 0 Å². The molecule has 0 fully saturated rings. The van der Waals surface area contributed by atoms with Crippen LogP contribution in [-0.2, 0) is 0 Å². The standard InChI is InChI=1S/C17H17N3O2/c1-11-8-9-16(20(11)3)19-18-12(2)14-10-13-6-4-5-7-15(13)22-17(14)21/h4-8,10H,9H2,1-3H3/b18-12+,19-16-. The third-order valence-electron chi connectivity index (χ3n) is 3.84. The third kappa shape index (κ3) is 2.57. The van der Waals surface area contributed by atoms with Crippen LogP contribution in [0.1, 0.15) is 25.8 Å². The second-order valence-corrected chi connectivity index (χ2v) is 5.30. The Labute approximate surface area is 128 Å². The molecule has 1 aliphatic rings. The van der Waals surface area contributed by atoms with Crippen molar-refractivity contribution in [2.45, 2.75) is 20.3 Å². The Morgan fingerprint density at radius 1 is 1.32 bits per heavy atom. The van der Waals surface area contributed by atoms with Gasteiger partial charge in [-0.3, -0.25) is 0 Å². The van der Waals surface area contributed by atoms with E-state index in [2.05, 4.69) is 16.3 Å². The van der Waals surface area contributed by atoms with Gasteiger partial charge in [0.25, 0.3) is 0 Å². The van der Waals surface area contributed by atoms with Gasteiger partial charge in [0.2, 0.25) is 0 Å². The highest BCUT2D eigenvalue weighted by atomic mass is 16.4. The molecule has 2 heterocycles. The smallest absolute Gasteiger partial charge is 0.345 e. The summed E-state index contributed by atoms with van der Waals surface area (Å²) in [6.07, 6.45) is 2.85. The van der Waals surface area contributed by atoms with Gasteiger partial charge in [-0.1, -0.05) is 24.3 Å². The van der Waals surface area contributed by atoms with Crippen molar-refractivity contribution < 1.29 is 4.42 Å². The number of para-hydroxylation sites is 1. The van der Waals surface area contributed by atoms with E-state index in [9.17, 15) is 4.79 Å². The minimum Gasteiger partial charge on any atom is -0.422 e. The zero-order chi connectivity index (χ0) is 15.7. The number of benzene rings is 1. The van der Waals surface area contributed by atoms with Crippen LogP contribution in [-0.4, -0.2) is 23.5 Å². The van der Waals surface area contributed by atoms with Crippen molar-refractivity contribution in [2.24, 2.45) is 10.2 Å². The minimum absolute atomic E-state index is 0.394. The maximum absolute atomic E-state index is 12.1. The van der Waals surface area contributed by atoms with Gasteiger partial charge in [0.15, 0.2) is 0 Å². The van der Waals surface area contributed by atoms with Gasteiger partial charge in [0.05, 0.1) is 11.3 Å². The van der Waals surface area contributed by atoms with Gasteiger partial charge in [-0.05, 0) is 26.0 Å². The second kappa shape index (κ2) is 5.60. The highest BCUT2D eigenvalue weighted by molar-refractivity contribution is 6.01. The maximum Gasteiger partial charge on any atom is 0.345 e. The van der Waals surface area contributed by atoms with E-state index >= 15 is 0 Å². The summed E-state index contributed by atoms with van der Waals surface area (Å²) in [6.45, 7) is 3.79. The van der Waals surface area contributed by atoms with Gasteiger partial charge < -0.3 is 9.32 Å². The Morgan fingerprint density at radius 2 is 2.09 bits per heavy atom. The lowest BCUT2D eigenvalue weighted by Crippen LogP contribution is -2.19. The second-order valence-electron chi connectivity index (χ2n) is 5.30. The van der Waals surface area contributed by atoms with Crippen molar-refractivity contribution in [1.82, 2.24) is 4.90 Å². The molecule has 5 heteroatoms. The molecule has 0 unspecified atom stereocenters. The number of hydrogen-bond donors (Lipinski definition) is 0. The van der Waals surface area contributed by atoms with Crippen molar-refractivity contribution in [3.63, 3.8) is 0 Å². The Morgan fingerprint density at radius 3 is 2.82 bits per heavy atom. The van der Waals surface area contributed by atoms with Gasteiger partial charge in [-0.25, -0.2) is 4.79 Å². The van der Waals surface area contributed by atoms with Gasteiger partial charge in [-0.2, -0.15) is 5.10 Å². The number of nitrogens with zero attached hydrogens (tertiary/aromatic N) is 3. The molecule has 0 amide bonds. The van der Waals surface area contributed by atoms with Crippen LogP contribution in [0.4, 0.5) is 0 Å². The minimum atomic E-state index is -0.394. The molecule has 1 aliphatic heterocycles. The van der Waals surface area contributed by atoms with Crippen LogP contribution in [0.2, 0.25) is 0 Å². The number of rotatable bonds is 2. The Kier molecular flexibility index (Phi) is 3.63. The number of amidine groups is 1. The molecule has 1 aromatic carbocycles. The maximum atomic E-state index is 12.1. The summed E-state index contributed by atoms with van der Waals surface area (Å²) in [4.78, 5) is 14.1. The Bertz CT molecular complexity index is 875. The normalized spacial score (nSPS) is 17.4. The zero-order valence-corrected chi connectivity index (χ0v) is 12.8. The van der Waals surface area contributed by atoms with Crippen LogP contribution in [0.15, 0.2) is 61.5 Å². The van der Waals surface area contributed by atoms with Crippen LogP contribution < -0.4 is 5.63 Å². The molecule has 0 N–H and O–H groups in total. The fraction of sp³-hybridized carbons (Fsp3) is 0.235. The fourth-order valence-corrected chi connectivity index (χ4v) is 2.33. The molecule has 0 saturated carbocycles. The molecule has 0 atom stereocenters. The monoisotopic (exact) mass is 295 g/mol. The lowest BCUT2D eigenvalue weighted by molar-refractivity contribution is 0.559. The summed E-state index contributed by atoms with van der Waals surface area (Å²) in [5.74, 6) is 0.863. The van der Waals surface area contributed by atoms with Crippen LogP contribution in [0.5, 0.6) is 0 Å². The Hall–Kier alpha value is -2.69. The van der Waals surface area contributed by atoms with Crippen LogP contribution in [0, 0.1) is 0 Å². The van der Waals surface area contributed by atoms with Crippen molar-refractivity contribution >= 4 is 22.5 Å². The van der Waals surface area contributed by atoms with E-state index in [1.165, 1.54) is 0 Å². The van der Waals surface area contributed by atoms with E-state index in [4.69, 9.17) is 4.42 Å². The highest BCUT2D eigenvalue weighted by Gasteiger charge is 2.14. The van der Waals surface area contributed by atoms with Crippen molar-refractivity contribution in [2.75, 3.05) is 7.05 Å². The Balaban J connectivity index is 1.97. The van der Waals surface area contributed by atoms with E-state index in [1.807, 2.05) is 37.1 Å². The van der Waals surface area contributed by atoms with Gasteiger partial charge in [-0.15, -0.1) is 5.10 Å². The van der Waals surface area contributed by atoms with Crippen molar-refractivity contribution in [1.29, 1.82) is 0 Å². The van der Waals surface area contributed by atoms with Gasteiger partial charge in [0.1, 0.15) is 11.4 Å². The topological polar surface area (TPSA) is 58.2 Å². The first-order valence-electron chi connectivity index (χ1n) is 7.11. The first-order valence-corrected chi connectivity index (χ1v) is 7.11. The lowest BCUT2D eigenvalue weighted by Gasteiger charge is -2.12. The van der Waals surface area contributed by atoms with E-state index < -0.39 is 5.63 Å². The first-order chi connectivity index (χ1) is 10.6. The predicted molar refractivity (Wildman–Crippen MR) is 88.3 cm³/mol. The van der Waals surface area contributed by atoms with Gasteiger partial charge in [0, 0.05) is 24.6 Å². The highest BCUT2D eigenvalue weighted by Crippen LogP contribution is 2.15. The summed E-state index contributed by atoms with van der Waals surface area (Å²) in [7, 11) is 1.95. The summed E-state index contributed by atoms with van der Waals surface area (Å²) < 4.78 is 5.32. The van der Waals surface area contributed by atoms with Crippen LogP contribution >= 0.6 is 0 Å². The summed E-state index contributed by atoms with van der Waals surface area (Å²) in [5.41, 5.74) is 2.31. The lowest BCUT2D eigenvalue weighted by atomic mass is 10.1. The quantitative estimate of drug-likeness (QED) is 0.486. The van der Waals surface area contributed by atoms with Crippen LogP contribution in [0.25, 0.3) is 11.0 Å². The first kappa shape index (κ1) is 14.3. The zero-order valence-electron chi connectivity index (χ0n) is 12.8. The van der Waals surface area contributed by atoms with Gasteiger partial charge >= 0.3 is 5.63 Å². The van der Waals surface area contributed by atoms with Crippen molar-refractivity contribution in [3.05, 3.63) is 58.1 Å². The average Bonchev–Trinajstić information content (AvgIpc) is 2.83. The molecule has 3 rings (SSSR count). The molecule has 1 aromatic heterocycles. The molecular weight excluding hydrogens is 278 g/mol. The molecule has 0 bridgehead atoms. The molecule has 0 aliphatic carbocycles. The summed E-state index contributed by atoms with van der Waals surface area (Å²) in [6, 6.07) is 9.21. The molecule has 0 radical (unpaired) electrons. The van der Waals surface area contributed by atoms with Crippen LogP contribution in [0.3, 0.4) is 0 Å².